The Bertz CT molecular complexity index is 611. The number of aliphatic hydroxyl groups is 1. The number of rotatable bonds is 6. The average Bonchev–Trinajstić information content (AvgIpc) is 2.96. The van der Waals surface area contributed by atoms with Gasteiger partial charge in [-0.05, 0) is 31.0 Å². The molecule has 7 nitrogen and oxygen atoms in total. The number of pyridine rings is 1. The third-order valence-corrected chi connectivity index (χ3v) is 3.08. The van der Waals surface area contributed by atoms with Gasteiger partial charge >= 0.3 is 0 Å². The van der Waals surface area contributed by atoms with E-state index in [9.17, 15) is 4.79 Å². The van der Waals surface area contributed by atoms with Crippen LogP contribution in [0.4, 0.5) is 0 Å². The van der Waals surface area contributed by atoms with Crippen LogP contribution in [0, 0.1) is 0 Å². The second kappa shape index (κ2) is 6.94. The Labute approximate surface area is 123 Å². The molecule has 0 aromatic carbocycles. The van der Waals surface area contributed by atoms with Gasteiger partial charge in [-0.15, -0.1) is 10.2 Å². The first-order valence-electron chi connectivity index (χ1n) is 6.90. The number of amides is 1. The minimum absolute atomic E-state index is 0.122. The first kappa shape index (κ1) is 15.1. The van der Waals surface area contributed by atoms with Gasteiger partial charge in [-0.1, -0.05) is 6.92 Å². The van der Waals surface area contributed by atoms with Crippen LogP contribution in [0.1, 0.15) is 48.2 Å². The minimum atomic E-state index is -0.302. The van der Waals surface area contributed by atoms with Gasteiger partial charge in [0.15, 0.2) is 5.82 Å². The quantitative estimate of drug-likeness (QED) is 0.829. The molecule has 2 heterocycles. The number of aliphatic hydroxyl groups excluding tert-OH is 1. The van der Waals surface area contributed by atoms with E-state index in [0.29, 0.717) is 11.4 Å². The summed E-state index contributed by atoms with van der Waals surface area (Å²) in [4.78, 5) is 16.2. The van der Waals surface area contributed by atoms with E-state index in [-0.39, 0.29) is 24.2 Å². The summed E-state index contributed by atoms with van der Waals surface area (Å²) in [6, 6.07) is 2.96. The first-order chi connectivity index (χ1) is 10.2. The van der Waals surface area contributed by atoms with Gasteiger partial charge in [-0.25, -0.2) is 0 Å². The van der Waals surface area contributed by atoms with Crippen molar-refractivity contribution in [1.82, 2.24) is 25.1 Å². The number of nitrogens with one attached hydrogen (secondary N) is 1. The fourth-order valence-electron chi connectivity index (χ4n) is 2.04. The van der Waals surface area contributed by atoms with E-state index >= 15 is 0 Å². The smallest absolute Gasteiger partial charge is 0.270 e. The largest absolute Gasteiger partial charge is 0.392 e. The third-order valence-electron chi connectivity index (χ3n) is 3.08. The van der Waals surface area contributed by atoms with E-state index in [4.69, 9.17) is 5.11 Å². The van der Waals surface area contributed by atoms with Gasteiger partial charge in [-0.3, -0.25) is 9.78 Å². The number of hydrogen-bond acceptors (Lipinski definition) is 5. The molecule has 0 spiro atoms. The molecule has 2 rings (SSSR count). The number of hydrogen-bond donors (Lipinski definition) is 2. The number of aryl methyl sites for hydroxylation is 1. The Morgan fingerprint density at radius 1 is 1.52 bits per heavy atom. The maximum atomic E-state index is 12.2. The normalized spacial score (nSPS) is 12.1. The molecule has 1 unspecified atom stereocenters. The van der Waals surface area contributed by atoms with Crippen LogP contribution in [0.3, 0.4) is 0 Å². The molecule has 0 bridgehead atoms. The van der Waals surface area contributed by atoms with E-state index in [2.05, 4.69) is 27.4 Å². The van der Waals surface area contributed by atoms with Crippen LogP contribution in [0.15, 0.2) is 24.7 Å². The molecule has 0 saturated heterocycles. The van der Waals surface area contributed by atoms with Crippen molar-refractivity contribution in [3.63, 3.8) is 0 Å². The van der Waals surface area contributed by atoms with Crippen LogP contribution in [-0.2, 0) is 13.2 Å². The monoisotopic (exact) mass is 289 g/mol. The second-order valence-electron chi connectivity index (χ2n) is 4.79. The lowest BCUT2D eigenvalue weighted by molar-refractivity contribution is 0.0932. The average molecular weight is 289 g/mol. The van der Waals surface area contributed by atoms with Crippen LogP contribution in [0.5, 0.6) is 0 Å². The standard InChI is InChI=1S/C14H19N5O2/c1-3-6-19-9-16-18-13(19)10(2)17-14(21)12-7-11(8-20)4-5-15-12/h4-5,7,9-10,20H,3,6,8H2,1-2H3,(H,17,21). The van der Waals surface area contributed by atoms with Crippen molar-refractivity contribution in [3.8, 4) is 0 Å². The molecule has 21 heavy (non-hydrogen) atoms. The van der Waals surface area contributed by atoms with Crippen LogP contribution in [0.25, 0.3) is 0 Å². The molecule has 0 aliphatic heterocycles. The summed E-state index contributed by atoms with van der Waals surface area (Å²) in [5.41, 5.74) is 0.923. The van der Waals surface area contributed by atoms with E-state index in [0.717, 1.165) is 13.0 Å². The fraction of sp³-hybridized carbons (Fsp3) is 0.429. The molecule has 1 amide bonds. The summed E-state index contributed by atoms with van der Waals surface area (Å²) in [5, 5.41) is 19.9. The number of carbonyl (C=O) groups excluding carboxylic acids is 1. The SMILES string of the molecule is CCCn1cnnc1C(C)NC(=O)c1cc(CO)ccn1. The maximum absolute atomic E-state index is 12.2. The summed E-state index contributed by atoms with van der Waals surface area (Å²) in [5.74, 6) is 0.410. The van der Waals surface area contributed by atoms with E-state index < -0.39 is 0 Å². The van der Waals surface area contributed by atoms with Crippen molar-refractivity contribution < 1.29 is 9.90 Å². The van der Waals surface area contributed by atoms with Gasteiger partial charge in [-0.2, -0.15) is 0 Å². The van der Waals surface area contributed by atoms with E-state index in [1.54, 1.807) is 18.5 Å². The van der Waals surface area contributed by atoms with Crippen molar-refractivity contribution in [1.29, 1.82) is 0 Å². The van der Waals surface area contributed by atoms with Gasteiger partial charge in [0.25, 0.3) is 5.91 Å². The summed E-state index contributed by atoms with van der Waals surface area (Å²) in [6.45, 7) is 4.60. The van der Waals surface area contributed by atoms with Crippen molar-refractivity contribution in [2.45, 2.75) is 39.5 Å². The number of aromatic nitrogens is 4. The topological polar surface area (TPSA) is 92.9 Å². The molecule has 7 heteroatoms. The minimum Gasteiger partial charge on any atom is -0.392 e. The zero-order valence-electron chi connectivity index (χ0n) is 12.2. The molecule has 2 aromatic rings. The molecule has 112 valence electrons. The van der Waals surface area contributed by atoms with Crippen LogP contribution < -0.4 is 5.32 Å². The van der Waals surface area contributed by atoms with Gasteiger partial charge in [0.1, 0.15) is 12.0 Å². The number of nitrogens with zero attached hydrogens (tertiary/aromatic N) is 4. The third kappa shape index (κ3) is 3.63. The van der Waals surface area contributed by atoms with Crippen LogP contribution in [-0.4, -0.2) is 30.8 Å². The van der Waals surface area contributed by atoms with Crippen molar-refractivity contribution in [3.05, 3.63) is 41.7 Å². The molecular formula is C14H19N5O2. The van der Waals surface area contributed by atoms with Gasteiger partial charge in [0, 0.05) is 12.7 Å². The van der Waals surface area contributed by atoms with E-state index in [1.165, 1.54) is 6.20 Å². The zero-order chi connectivity index (χ0) is 15.2. The molecule has 0 radical (unpaired) electrons. The summed E-state index contributed by atoms with van der Waals surface area (Å²) in [7, 11) is 0. The zero-order valence-corrected chi connectivity index (χ0v) is 12.2. The molecule has 1 atom stereocenters. The molecule has 2 N–H and O–H groups in total. The highest BCUT2D eigenvalue weighted by atomic mass is 16.3. The molecule has 0 aliphatic carbocycles. The fourth-order valence-corrected chi connectivity index (χ4v) is 2.04. The van der Waals surface area contributed by atoms with Crippen LogP contribution in [0.2, 0.25) is 0 Å². The predicted molar refractivity (Wildman–Crippen MR) is 76.4 cm³/mol. The maximum Gasteiger partial charge on any atom is 0.270 e. The Balaban J connectivity index is 2.09. The summed E-state index contributed by atoms with van der Waals surface area (Å²) >= 11 is 0. The Morgan fingerprint density at radius 3 is 3.05 bits per heavy atom. The van der Waals surface area contributed by atoms with Gasteiger partial charge < -0.3 is 15.0 Å². The Hall–Kier alpha value is -2.28. The molecular weight excluding hydrogens is 270 g/mol. The first-order valence-corrected chi connectivity index (χ1v) is 6.90. The van der Waals surface area contributed by atoms with Crippen molar-refractivity contribution >= 4 is 5.91 Å². The summed E-state index contributed by atoms with van der Waals surface area (Å²) < 4.78 is 1.92. The Kier molecular flexibility index (Phi) is 4.99. The number of carbonyl (C=O) groups is 1. The van der Waals surface area contributed by atoms with E-state index in [1.807, 2.05) is 11.5 Å². The molecule has 2 aromatic heterocycles. The highest BCUT2D eigenvalue weighted by Gasteiger charge is 2.17. The molecule has 0 fully saturated rings. The highest BCUT2D eigenvalue weighted by molar-refractivity contribution is 5.92. The Morgan fingerprint density at radius 2 is 2.33 bits per heavy atom. The van der Waals surface area contributed by atoms with Crippen LogP contribution >= 0.6 is 0 Å². The predicted octanol–water partition coefficient (Wildman–Crippen LogP) is 1.07. The lowest BCUT2D eigenvalue weighted by Gasteiger charge is -2.14. The lowest BCUT2D eigenvalue weighted by Crippen LogP contribution is -2.29. The molecule has 0 saturated carbocycles. The van der Waals surface area contributed by atoms with Gasteiger partial charge in [0.05, 0.1) is 12.6 Å². The highest BCUT2D eigenvalue weighted by Crippen LogP contribution is 2.11. The van der Waals surface area contributed by atoms with Crippen molar-refractivity contribution in [2.24, 2.45) is 0 Å². The lowest BCUT2D eigenvalue weighted by atomic mass is 10.2. The second-order valence-corrected chi connectivity index (χ2v) is 4.79. The summed E-state index contributed by atoms with van der Waals surface area (Å²) in [6.07, 6.45) is 4.13. The van der Waals surface area contributed by atoms with Gasteiger partial charge in [0.2, 0.25) is 0 Å². The van der Waals surface area contributed by atoms with Crippen molar-refractivity contribution in [2.75, 3.05) is 0 Å². The molecule has 0 aliphatic rings.